The Hall–Kier alpha value is -2.40. The molecule has 36 heavy (non-hydrogen) atoms. The normalized spacial score (nSPS) is 28.5. The number of benzene rings is 1. The molecule has 2 aliphatic rings. The van der Waals surface area contributed by atoms with E-state index in [1.54, 1.807) is 51.1 Å². The van der Waals surface area contributed by atoms with Crippen LogP contribution in [0.25, 0.3) is 0 Å². The number of hydrogen-bond acceptors (Lipinski definition) is 9. The van der Waals surface area contributed by atoms with Gasteiger partial charge >= 0.3 is 13.7 Å². The fraction of sp³-hybridized carbons (Fsp3) is 0.478. The van der Waals surface area contributed by atoms with Gasteiger partial charge in [0.25, 0.3) is 5.91 Å². The molecule has 1 unspecified atom stereocenters. The van der Waals surface area contributed by atoms with E-state index >= 15 is 0 Å². The van der Waals surface area contributed by atoms with Gasteiger partial charge in [-0.3, -0.25) is 14.1 Å². The third kappa shape index (κ3) is 6.67. The molecule has 1 fully saturated rings. The number of rotatable bonds is 10. The number of alkyl halides is 1. The molecule has 1 amide bonds. The van der Waals surface area contributed by atoms with E-state index < -0.39 is 49.7 Å². The number of amides is 1. The molecule has 1 aromatic carbocycles. The smallest absolute Gasteiger partial charge is 0.459 e. The second kappa shape index (κ2) is 11.3. The van der Waals surface area contributed by atoms with Gasteiger partial charge in [0.15, 0.2) is 6.23 Å². The number of hydrogen-bond donors (Lipinski definition) is 3. The lowest BCUT2D eigenvalue weighted by Crippen LogP contribution is -2.50. The number of aliphatic hydroxyl groups is 1. The highest BCUT2D eigenvalue weighted by atomic mass is 35.5. The van der Waals surface area contributed by atoms with Gasteiger partial charge in [-0.05, 0) is 39.8 Å². The van der Waals surface area contributed by atoms with Crippen molar-refractivity contribution in [3.63, 3.8) is 0 Å². The summed E-state index contributed by atoms with van der Waals surface area (Å²) in [5.41, 5.74) is 0. The van der Waals surface area contributed by atoms with E-state index in [9.17, 15) is 19.3 Å². The molecule has 0 aliphatic carbocycles. The van der Waals surface area contributed by atoms with Crippen LogP contribution in [0.1, 0.15) is 27.7 Å². The summed E-state index contributed by atoms with van der Waals surface area (Å²) in [6, 6.07) is 7.23. The van der Waals surface area contributed by atoms with Crippen molar-refractivity contribution in [1.29, 1.82) is 0 Å². The predicted molar refractivity (Wildman–Crippen MR) is 132 cm³/mol. The Labute approximate surface area is 214 Å². The van der Waals surface area contributed by atoms with Gasteiger partial charge in [-0.25, -0.2) is 4.57 Å². The minimum Gasteiger partial charge on any atom is -0.462 e. The quantitative estimate of drug-likeness (QED) is 0.229. The summed E-state index contributed by atoms with van der Waals surface area (Å²) >= 11 is 6.63. The van der Waals surface area contributed by atoms with Crippen LogP contribution >= 0.6 is 19.3 Å². The standard InChI is InChI=1S/C23H31ClN3O8P/c1-14(2)33-21(30)15(3)26-36(31,35-17-9-7-6-8-10-17)32-13-18-20(29)23(5,24)22(34-18)27-12-11-19(28)25-16(27)4/h6-12,14-15,18,20,22,29H,4,13H2,1-3,5H3,(H,25,28)(H,26,31)/t15-,18-,20-,22-,23-,36?/m1/s1. The lowest BCUT2D eigenvalue weighted by molar-refractivity contribution is -0.149. The third-order valence-corrected chi connectivity index (χ3v) is 7.42. The number of esters is 1. The van der Waals surface area contributed by atoms with Crippen molar-refractivity contribution in [1.82, 2.24) is 15.3 Å². The Kier molecular flexibility index (Phi) is 8.87. The highest BCUT2D eigenvalue weighted by molar-refractivity contribution is 7.52. The highest BCUT2D eigenvalue weighted by Crippen LogP contribution is 2.47. The van der Waals surface area contributed by atoms with E-state index in [4.69, 9.17) is 30.1 Å². The number of para-hydroxylation sites is 1. The van der Waals surface area contributed by atoms with Gasteiger partial charge in [0, 0.05) is 12.3 Å². The second-order valence-electron chi connectivity index (χ2n) is 8.82. The van der Waals surface area contributed by atoms with Crippen molar-refractivity contribution in [2.75, 3.05) is 6.61 Å². The third-order valence-electron chi connectivity index (χ3n) is 5.37. The first-order valence-electron chi connectivity index (χ1n) is 11.3. The molecule has 2 aliphatic heterocycles. The van der Waals surface area contributed by atoms with Crippen LogP contribution in [0.3, 0.4) is 0 Å². The Morgan fingerprint density at radius 1 is 1.36 bits per heavy atom. The van der Waals surface area contributed by atoms with Crippen LogP contribution in [0.15, 0.2) is 55.0 Å². The average molecular weight is 544 g/mol. The van der Waals surface area contributed by atoms with Crippen LogP contribution in [0, 0.1) is 0 Å². The van der Waals surface area contributed by atoms with Crippen LogP contribution in [0.4, 0.5) is 0 Å². The molecular weight excluding hydrogens is 513 g/mol. The maximum absolute atomic E-state index is 13.7. The molecule has 0 saturated carbocycles. The maximum Gasteiger partial charge on any atom is 0.459 e. The van der Waals surface area contributed by atoms with Crippen LogP contribution in [-0.2, 0) is 28.2 Å². The number of nitrogens with one attached hydrogen (secondary N) is 2. The van der Waals surface area contributed by atoms with Crippen LogP contribution < -0.4 is 14.9 Å². The van der Waals surface area contributed by atoms with Gasteiger partial charge in [-0.1, -0.05) is 24.8 Å². The minimum absolute atomic E-state index is 0.213. The van der Waals surface area contributed by atoms with Crippen LogP contribution in [0.2, 0.25) is 0 Å². The van der Waals surface area contributed by atoms with E-state index in [0.29, 0.717) is 0 Å². The zero-order valence-corrected chi connectivity index (χ0v) is 22.1. The van der Waals surface area contributed by atoms with Gasteiger partial charge in [-0.15, -0.1) is 11.6 Å². The first kappa shape index (κ1) is 28.2. The van der Waals surface area contributed by atoms with Crippen molar-refractivity contribution in [2.24, 2.45) is 0 Å². The minimum atomic E-state index is -4.17. The zero-order valence-electron chi connectivity index (χ0n) is 20.4. The molecule has 0 radical (unpaired) electrons. The first-order valence-corrected chi connectivity index (χ1v) is 13.2. The lowest BCUT2D eigenvalue weighted by atomic mass is 10.0. The molecule has 2 heterocycles. The largest absolute Gasteiger partial charge is 0.462 e. The van der Waals surface area contributed by atoms with E-state index in [1.807, 2.05) is 0 Å². The molecule has 1 aromatic rings. The summed E-state index contributed by atoms with van der Waals surface area (Å²) < 4.78 is 36.0. The number of carbonyl (C=O) groups excluding carboxylic acids is 2. The topological polar surface area (TPSA) is 136 Å². The number of carbonyl (C=O) groups is 2. The van der Waals surface area contributed by atoms with E-state index in [0.717, 1.165) is 0 Å². The molecule has 0 bridgehead atoms. The van der Waals surface area contributed by atoms with Crippen LogP contribution in [-0.4, -0.2) is 63.9 Å². The first-order chi connectivity index (χ1) is 16.8. The van der Waals surface area contributed by atoms with Gasteiger partial charge in [0.2, 0.25) is 0 Å². The summed E-state index contributed by atoms with van der Waals surface area (Å²) in [5.74, 6) is -0.559. The van der Waals surface area contributed by atoms with Gasteiger partial charge < -0.3 is 29.3 Å². The maximum atomic E-state index is 13.7. The van der Waals surface area contributed by atoms with Crippen molar-refractivity contribution in [2.45, 2.75) is 63.2 Å². The molecule has 6 atom stereocenters. The fourth-order valence-corrected chi connectivity index (χ4v) is 5.36. The average Bonchev–Trinajstić information content (AvgIpc) is 3.01. The molecular formula is C23H31ClN3O8P. The Morgan fingerprint density at radius 3 is 2.64 bits per heavy atom. The van der Waals surface area contributed by atoms with E-state index in [2.05, 4.69) is 17.0 Å². The Morgan fingerprint density at radius 2 is 2.03 bits per heavy atom. The molecule has 0 aromatic heterocycles. The summed E-state index contributed by atoms with van der Waals surface area (Å²) in [6.07, 6.45) is -0.907. The summed E-state index contributed by atoms with van der Waals surface area (Å²) in [4.78, 5) is 24.0. The van der Waals surface area contributed by atoms with Crippen molar-refractivity contribution in [3.8, 4) is 5.75 Å². The number of halogens is 1. The van der Waals surface area contributed by atoms with E-state index in [-0.39, 0.29) is 23.6 Å². The SMILES string of the molecule is C=C1NC(=O)C=CN1[C@@H]1O[C@H](COP(=O)(N[C@H](C)C(=O)OC(C)C)Oc2ccccc2)[C@@H](O)[C@@]1(C)Cl. The van der Waals surface area contributed by atoms with Gasteiger partial charge in [0.1, 0.15) is 34.7 Å². The van der Waals surface area contributed by atoms with Crippen molar-refractivity contribution >= 4 is 31.2 Å². The number of ether oxygens (including phenoxy) is 2. The van der Waals surface area contributed by atoms with Crippen molar-refractivity contribution < 1.29 is 37.8 Å². The lowest BCUT2D eigenvalue weighted by Gasteiger charge is -2.36. The second-order valence-corrected chi connectivity index (χ2v) is 11.3. The fourth-order valence-electron chi connectivity index (χ4n) is 3.56. The molecule has 0 spiro atoms. The predicted octanol–water partition coefficient (Wildman–Crippen LogP) is 2.62. The van der Waals surface area contributed by atoms with Crippen LogP contribution in [0.5, 0.6) is 5.75 Å². The highest BCUT2D eigenvalue weighted by Gasteiger charge is 2.55. The molecule has 13 heteroatoms. The molecule has 1 saturated heterocycles. The summed E-state index contributed by atoms with van der Waals surface area (Å²) in [6.45, 7) is 9.78. The number of nitrogens with zero attached hydrogens (tertiary/aromatic N) is 1. The zero-order chi connectivity index (χ0) is 26.7. The molecule has 198 valence electrons. The molecule has 11 nitrogen and oxygen atoms in total. The Bertz CT molecular complexity index is 1050. The van der Waals surface area contributed by atoms with E-state index in [1.165, 1.54) is 24.1 Å². The number of aliphatic hydroxyl groups excluding tert-OH is 1. The Balaban J connectivity index is 1.76. The monoisotopic (exact) mass is 543 g/mol. The summed E-state index contributed by atoms with van der Waals surface area (Å²) in [7, 11) is -4.17. The van der Waals surface area contributed by atoms with Gasteiger partial charge in [0.05, 0.1) is 12.7 Å². The summed E-state index contributed by atoms with van der Waals surface area (Å²) in [5, 5.41) is 16.0. The molecule has 3 rings (SSSR count). The van der Waals surface area contributed by atoms with Gasteiger partial charge in [-0.2, -0.15) is 5.09 Å². The van der Waals surface area contributed by atoms with Crippen molar-refractivity contribution in [3.05, 3.63) is 55.0 Å². The molecule has 3 N–H and O–H groups in total.